The van der Waals surface area contributed by atoms with Crippen molar-refractivity contribution in [2.75, 3.05) is 25.5 Å². The lowest BCUT2D eigenvalue weighted by Crippen LogP contribution is -2.33. The van der Waals surface area contributed by atoms with Crippen molar-refractivity contribution in [3.63, 3.8) is 0 Å². The van der Waals surface area contributed by atoms with Gasteiger partial charge in [-0.3, -0.25) is 14.9 Å². The largest absolute Gasteiger partial charge is 0.339 e. The van der Waals surface area contributed by atoms with Crippen molar-refractivity contribution >= 4 is 23.3 Å². The molecule has 2 aromatic rings. The van der Waals surface area contributed by atoms with Crippen LogP contribution < -0.4 is 5.32 Å². The minimum absolute atomic E-state index is 0.0113. The quantitative estimate of drug-likeness (QED) is 0.549. The number of nitrogens with one attached hydrogen (secondary N) is 1. The average molecular weight is 425 g/mol. The van der Waals surface area contributed by atoms with Gasteiger partial charge >= 0.3 is 6.03 Å². The molecule has 1 N–H and O–H groups in total. The van der Waals surface area contributed by atoms with E-state index in [9.17, 15) is 19.7 Å². The molecular weight excluding hydrogens is 396 g/mol. The number of nitro benzene ring substituents is 1. The van der Waals surface area contributed by atoms with Crippen LogP contribution in [-0.2, 0) is 0 Å². The fraction of sp³-hybridized carbons (Fsp3) is 0.391. The number of nitro groups is 1. The molecule has 164 valence electrons. The van der Waals surface area contributed by atoms with Crippen LogP contribution in [0.15, 0.2) is 48.5 Å². The van der Waals surface area contributed by atoms with Crippen LogP contribution >= 0.6 is 0 Å². The number of benzene rings is 2. The summed E-state index contributed by atoms with van der Waals surface area (Å²) in [6.45, 7) is 3.39. The van der Waals surface area contributed by atoms with Crippen LogP contribution in [0.25, 0.3) is 0 Å². The lowest BCUT2D eigenvalue weighted by Gasteiger charge is -2.25. The molecule has 0 aliphatic carbocycles. The number of nitrogens with zero attached hydrogens (tertiary/aromatic N) is 3. The summed E-state index contributed by atoms with van der Waals surface area (Å²) in [5, 5.41) is 13.8. The van der Waals surface area contributed by atoms with Crippen LogP contribution in [0.1, 0.15) is 54.6 Å². The molecule has 1 aliphatic heterocycles. The number of anilines is 1. The lowest BCUT2D eigenvalue weighted by atomic mass is 10.1. The van der Waals surface area contributed by atoms with E-state index in [0.29, 0.717) is 16.8 Å². The van der Waals surface area contributed by atoms with Gasteiger partial charge in [0.25, 0.3) is 11.6 Å². The molecule has 1 aliphatic rings. The van der Waals surface area contributed by atoms with Crippen LogP contribution in [0.5, 0.6) is 0 Å². The summed E-state index contributed by atoms with van der Waals surface area (Å²) < 4.78 is 0. The van der Waals surface area contributed by atoms with Gasteiger partial charge in [0.1, 0.15) is 0 Å². The molecule has 1 fully saturated rings. The minimum atomic E-state index is -0.454. The number of hydrogen-bond acceptors (Lipinski definition) is 4. The second-order valence-electron chi connectivity index (χ2n) is 7.85. The number of likely N-dealkylation sites (tertiary alicyclic amines) is 1. The number of carbonyl (C=O) groups excluding carboxylic acids is 2. The highest BCUT2D eigenvalue weighted by atomic mass is 16.6. The predicted molar refractivity (Wildman–Crippen MR) is 119 cm³/mol. The Morgan fingerprint density at radius 3 is 2.32 bits per heavy atom. The van der Waals surface area contributed by atoms with Crippen molar-refractivity contribution < 1.29 is 14.5 Å². The van der Waals surface area contributed by atoms with Gasteiger partial charge in [0.15, 0.2) is 0 Å². The SMILES string of the molecule is CC(c1cccc([N+](=O)[O-])c1)N(C)C(=O)Nc1ccc(C(=O)N2CCCCCC2)cc1. The zero-order valence-corrected chi connectivity index (χ0v) is 17.9. The Morgan fingerprint density at radius 2 is 1.71 bits per heavy atom. The maximum Gasteiger partial charge on any atom is 0.322 e. The zero-order valence-electron chi connectivity index (χ0n) is 17.9. The Bertz CT molecular complexity index is 937. The molecule has 8 heteroatoms. The van der Waals surface area contributed by atoms with E-state index in [2.05, 4.69) is 5.32 Å². The van der Waals surface area contributed by atoms with E-state index < -0.39 is 4.92 Å². The van der Waals surface area contributed by atoms with Crippen molar-refractivity contribution in [2.24, 2.45) is 0 Å². The Morgan fingerprint density at radius 1 is 1.06 bits per heavy atom. The van der Waals surface area contributed by atoms with E-state index in [1.807, 2.05) is 11.8 Å². The third kappa shape index (κ3) is 5.59. The summed E-state index contributed by atoms with van der Waals surface area (Å²) in [7, 11) is 1.63. The van der Waals surface area contributed by atoms with E-state index in [4.69, 9.17) is 0 Å². The predicted octanol–water partition coefficient (Wildman–Crippen LogP) is 4.84. The fourth-order valence-corrected chi connectivity index (χ4v) is 3.66. The third-order valence-corrected chi connectivity index (χ3v) is 5.74. The standard InChI is InChI=1S/C23H28N4O4/c1-17(19-8-7-9-21(16-19)27(30)31)25(2)23(29)24-20-12-10-18(11-13-20)22(28)26-14-5-3-4-6-15-26/h7-13,16-17H,3-6,14-15H2,1-2H3,(H,24,29). The summed E-state index contributed by atoms with van der Waals surface area (Å²) in [5.74, 6) is 0.0242. The smallest absolute Gasteiger partial charge is 0.322 e. The number of amides is 3. The van der Waals surface area contributed by atoms with Gasteiger partial charge in [-0.25, -0.2) is 4.79 Å². The first kappa shape index (κ1) is 22.3. The zero-order chi connectivity index (χ0) is 22.4. The molecule has 3 rings (SSSR count). The first-order valence-electron chi connectivity index (χ1n) is 10.5. The topological polar surface area (TPSA) is 95.8 Å². The molecule has 8 nitrogen and oxygen atoms in total. The first-order valence-corrected chi connectivity index (χ1v) is 10.5. The fourth-order valence-electron chi connectivity index (χ4n) is 3.66. The van der Waals surface area contributed by atoms with Crippen molar-refractivity contribution in [3.8, 4) is 0 Å². The molecule has 0 radical (unpaired) electrons. The highest BCUT2D eigenvalue weighted by Gasteiger charge is 2.20. The number of rotatable bonds is 5. The number of hydrogen-bond donors (Lipinski definition) is 1. The number of non-ortho nitro benzene ring substituents is 1. The molecule has 3 amide bonds. The van der Waals surface area contributed by atoms with Crippen LogP contribution in [0, 0.1) is 10.1 Å². The Labute approximate surface area is 182 Å². The van der Waals surface area contributed by atoms with Gasteiger partial charge in [-0.2, -0.15) is 0 Å². The van der Waals surface area contributed by atoms with Gasteiger partial charge in [0.2, 0.25) is 0 Å². The molecule has 31 heavy (non-hydrogen) atoms. The summed E-state index contributed by atoms with van der Waals surface area (Å²) in [4.78, 5) is 39.3. The van der Waals surface area contributed by atoms with E-state index in [0.717, 1.165) is 38.8 Å². The van der Waals surface area contributed by atoms with Crippen LogP contribution in [0.4, 0.5) is 16.2 Å². The van der Waals surface area contributed by atoms with Gasteiger partial charge in [-0.1, -0.05) is 25.0 Å². The van der Waals surface area contributed by atoms with Gasteiger partial charge in [0, 0.05) is 43.5 Å². The first-order chi connectivity index (χ1) is 14.9. The van der Waals surface area contributed by atoms with Gasteiger partial charge in [-0.05, 0) is 49.6 Å². The molecule has 0 spiro atoms. The maximum atomic E-state index is 12.7. The molecule has 1 saturated heterocycles. The minimum Gasteiger partial charge on any atom is -0.339 e. The summed E-state index contributed by atoms with van der Waals surface area (Å²) in [6.07, 6.45) is 4.40. The second-order valence-corrected chi connectivity index (χ2v) is 7.85. The summed E-state index contributed by atoms with van der Waals surface area (Å²) >= 11 is 0. The Hall–Kier alpha value is -3.42. The maximum absolute atomic E-state index is 12.7. The van der Waals surface area contributed by atoms with Crippen LogP contribution in [0.3, 0.4) is 0 Å². The molecule has 0 aromatic heterocycles. The normalized spacial score (nSPS) is 15.0. The van der Waals surface area contributed by atoms with E-state index in [-0.39, 0.29) is 23.7 Å². The summed E-state index contributed by atoms with van der Waals surface area (Å²) in [6, 6.07) is 12.4. The molecule has 1 atom stereocenters. The van der Waals surface area contributed by atoms with E-state index in [1.54, 1.807) is 43.4 Å². The van der Waals surface area contributed by atoms with Crippen molar-refractivity contribution in [1.82, 2.24) is 9.80 Å². The Kier molecular flexibility index (Phi) is 7.23. The van der Waals surface area contributed by atoms with Crippen LogP contribution in [-0.4, -0.2) is 46.8 Å². The molecule has 1 heterocycles. The van der Waals surface area contributed by atoms with E-state index >= 15 is 0 Å². The molecular formula is C23H28N4O4. The molecule has 2 aromatic carbocycles. The lowest BCUT2D eigenvalue weighted by molar-refractivity contribution is -0.384. The van der Waals surface area contributed by atoms with Crippen molar-refractivity contribution in [1.29, 1.82) is 0 Å². The molecule has 1 unspecified atom stereocenters. The number of urea groups is 1. The second kappa shape index (κ2) is 10.1. The van der Waals surface area contributed by atoms with Gasteiger partial charge in [0.05, 0.1) is 11.0 Å². The molecule has 0 saturated carbocycles. The van der Waals surface area contributed by atoms with Gasteiger partial charge < -0.3 is 15.1 Å². The third-order valence-electron chi connectivity index (χ3n) is 5.74. The highest BCUT2D eigenvalue weighted by molar-refractivity contribution is 5.95. The summed E-state index contributed by atoms with van der Waals surface area (Å²) in [5.41, 5.74) is 1.85. The van der Waals surface area contributed by atoms with Crippen molar-refractivity contribution in [2.45, 2.75) is 38.6 Å². The monoisotopic (exact) mass is 424 g/mol. The highest BCUT2D eigenvalue weighted by Crippen LogP contribution is 2.24. The van der Waals surface area contributed by atoms with E-state index in [1.165, 1.54) is 17.0 Å². The molecule has 0 bridgehead atoms. The number of carbonyl (C=O) groups is 2. The van der Waals surface area contributed by atoms with Crippen LogP contribution in [0.2, 0.25) is 0 Å². The van der Waals surface area contributed by atoms with Gasteiger partial charge in [-0.15, -0.1) is 0 Å². The average Bonchev–Trinajstić information content (AvgIpc) is 3.07. The van der Waals surface area contributed by atoms with Crippen molar-refractivity contribution in [3.05, 3.63) is 69.8 Å². The Balaban J connectivity index is 1.62.